The maximum Gasteiger partial charge on any atom is 0.327 e. The van der Waals surface area contributed by atoms with Crippen molar-refractivity contribution in [3.63, 3.8) is 0 Å². The zero-order valence-corrected chi connectivity index (χ0v) is 17.1. The topological polar surface area (TPSA) is 124 Å². The number of halogens is 1. The molecule has 160 valence electrons. The number of nitrogens with one attached hydrogen (secondary N) is 3. The van der Waals surface area contributed by atoms with Gasteiger partial charge >= 0.3 is 12.0 Å². The molecule has 3 aromatic rings. The van der Waals surface area contributed by atoms with Crippen LogP contribution in [0.5, 0.6) is 0 Å². The number of likely N-dealkylation sites (N-methyl/N-ethyl adjacent to an activating group) is 1. The van der Waals surface area contributed by atoms with Gasteiger partial charge in [-0.1, -0.05) is 17.4 Å². The van der Waals surface area contributed by atoms with Crippen LogP contribution in [0.1, 0.15) is 11.6 Å². The van der Waals surface area contributed by atoms with Crippen LogP contribution in [0.3, 0.4) is 0 Å². The number of piperazine rings is 1. The lowest BCUT2D eigenvalue weighted by Gasteiger charge is -2.35. The quantitative estimate of drug-likeness (QED) is 0.492. The molecule has 11 heteroatoms. The van der Waals surface area contributed by atoms with Crippen molar-refractivity contribution in [1.82, 2.24) is 15.2 Å². The average molecular weight is 443 g/mol. The molecule has 9 nitrogen and oxygen atoms in total. The maximum absolute atomic E-state index is 13.0. The van der Waals surface area contributed by atoms with E-state index in [2.05, 4.69) is 20.9 Å². The highest BCUT2D eigenvalue weighted by atomic mass is 32.1. The zero-order valence-electron chi connectivity index (χ0n) is 16.3. The van der Waals surface area contributed by atoms with E-state index in [4.69, 9.17) is 0 Å². The summed E-state index contributed by atoms with van der Waals surface area (Å²) in [7, 11) is 1.47. The van der Waals surface area contributed by atoms with E-state index in [0.29, 0.717) is 21.9 Å². The minimum absolute atomic E-state index is 0.138. The number of carbonyl (C=O) groups excluding carboxylic acids is 2. The molecule has 1 aliphatic heterocycles. The molecule has 2 aromatic carbocycles. The summed E-state index contributed by atoms with van der Waals surface area (Å²) in [6.45, 7) is 0.138. The number of urea groups is 1. The molecule has 4 rings (SSSR count). The SMILES string of the molecule is CN1C(=O)C(c2ccc3nc(NC(=O)Nc4ccc(F)cc4)sc3c2)NCC1C(=O)O. The number of thiazole rings is 1. The first kappa shape index (κ1) is 20.7. The molecular formula is C20H18FN5O4S. The third kappa shape index (κ3) is 4.32. The van der Waals surface area contributed by atoms with Crippen LogP contribution in [0.4, 0.5) is 20.0 Å². The number of aromatic nitrogens is 1. The Morgan fingerprint density at radius 1 is 1.23 bits per heavy atom. The molecule has 1 saturated heterocycles. The van der Waals surface area contributed by atoms with Crippen LogP contribution in [0, 0.1) is 5.82 Å². The number of amides is 3. The van der Waals surface area contributed by atoms with Gasteiger partial charge < -0.3 is 15.3 Å². The molecule has 0 bridgehead atoms. The summed E-state index contributed by atoms with van der Waals surface area (Å²) in [4.78, 5) is 41.6. The van der Waals surface area contributed by atoms with Crippen LogP contribution < -0.4 is 16.0 Å². The van der Waals surface area contributed by atoms with Gasteiger partial charge in [0, 0.05) is 19.3 Å². The van der Waals surface area contributed by atoms with Gasteiger partial charge in [-0.2, -0.15) is 0 Å². The largest absolute Gasteiger partial charge is 0.480 e. The normalized spacial score (nSPS) is 18.8. The molecule has 31 heavy (non-hydrogen) atoms. The van der Waals surface area contributed by atoms with Crippen molar-refractivity contribution in [3.8, 4) is 0 Å². The van der Waals surface area contributed by atoms with Gasteiger partial charge in [0.2, 0.25) is 5.91 Å². The molecule has 1 aliphatic rings. The van der Waals surface area contributed by atoms with Crippen LogP contribution in [-0.2, 0) is 9.59 Å². The van der Waals surface area contributed by atoms with Gasteiger partial charge in [-0.3, -0.25) is 15.4 Å². The Labute approximate surface area is 179 Å². The highest BCUT2D eigenvalue weighted by Gasteiger charge is 2.37. The predicted molar refractivity (Wildman–Crippen MR) is 114 cm³/mol. The Morgan fingerprint density at radius 2 is 1.97 bits per heavy atom. The van der Waals surface area contributed by atoms with Crippen LogP contribution in [0.2, 0.25) is 0 Å². The second-order valence-corrected chi connectivity index (χ2v) is 8.01. The lowest BCUT2D eigenvalue weighted by atomic mass is 10.0. The highest BCUT2D eigenvalue weighted by Crippen LogP contribution is 2.30. The van der Waals surface area contributed by atoms with Crippen LogP contribution >= 0.6 is 11.3 Å². The highest BCUT2D eigenvalue weighted by molar-refractivity contribution is 7.22. The monoisotopic (exact) mass is 443 g/mol. The molecule has 0 spiro atoms. The molecule has 0 saturated carbocycles. The number of benzene rings is 2. The number of fused-ring (bicyclic) bond motifs is 1. The molecule has 4 N–H and O–H groups in total. The van der Waals surface area contributed by atoms with Crippen molar-refractivity contribution in [1.29, 1.82) is 0 Å². The minimum atomic E-state index is -1.06. The number of anilines is 2. The molecule has 0 aliphatic carbocycles. The van der Waals surface area contributed by atoms with E-state index in [1.54, 1.807) is 18.2 Å². The van der Waals surface area contributed by atoms with Crippen LogP contribution in [0.15, 0.2) is 42.5 Å². The van der Waals surface area contributed by atoms with Crippen LogP contribution in [-0.4, -0.2) is 52.5 Å². The van der Waals surface area contributed by atoms with Crippen molar-refractivity contribution in [3.05, 3.63) is 53.8 Å². The number of aliphatic carboxylic acids is 1. The van der Waals surface area contributed by atoms with E-state index in [-0.39, 0.29) is 12.5 Å². The van der Waals surface area contributed by atoms with Crippen molar-refractivity contribution >= 4 is 50.3 Å². The Hall–Kier alpha value is -3.57. The van der Waals surface area contributed by atoms with Crippen molar-refractivity contribution in [2.45, 2.75) is 12.1 Å². The Balaban J connectivity index is 1.48. The molecule has 2 unspecified atom stereocenters. The fourth-order valence-corrected chi connectivity index (χ4v) is 4.20. The number of carboxylic acid groups (broad SMARTS) is 1. The lowest BCUT2D eigenvalue weighted by Crippen LogP contribution is -2.57. The summed E-state index contributed by atoms with van der Waals surface area (Å²) in [5.41, 5.74) is 1.76. The number of hydrogen-bond donors (Lipinski definition) is 4. The molecule has 0 radical (unpaired) electrons. The summed E-state index contributed by atoms with van der Waals surface area (Å²) in [6.07, 6.45) is 0. The molecule has 3 amide bonds. The fraction of sp³-hybridized carbons (Fsp3) is 0.200. The maximum atomic E-state index is 13.0. The predicted octanol–water partition coefficient (Wildman–Crippen LogP) is 2.64. The number of nitrogens with zero attached hydrogens (tertiary/aromatic N) is 2. The molecule has 2 atom stereocenters. The molecular weight excluding hydrogens is 425 g/mol. The zero-order chi connectivity index (χ0) is 22.1. The third-order valence-corrected chi connectivity index (χ3v) is 5.86. The Kier molecular flexibility index (Phi) is 5.53. The lowest BCUT2D eigenvalue weighted by molar-refractivity contribution is -0.152. The van der Waals surface area contributed by atoms with Crippen LogP contribution in [0.25, 0.3) is 10.2 Å². The smallest absolute Gasteiger partial charge is 0.327 e. The Bertz CT molecular complexity index is 1170. The Morgan fingerprint density at radius 3 is 2.68 bits per heavy atom. The van der Waals surface area contributed by atoms with Gasteiger partial charge in [0.05, 0.1) is 10.2 Å². The third-order valence-electron chi connectivity index (χ3n) is 4.93. The summed E-state index contributed by atoms with van der Waals surface area (Å²) < 4.78 is 13.7. The molecule has 1 fully saturated rings. The van der Waals surface area contributed by atoms with Gasteiger partial charge in [-0.05, 0) is 42.0 Å². The van der Waals surface area contributed by atoms with E-state index >= 15 is 0 Å². The molecule has 1 aromatic heterocycles. The average Bonchev–Trinajstić information content (AvgIpc) is 3.12. The van der Waals surface area contributed by atoms with E-state index in [1.165, 1.54) is 47.5 Å². The van der Waals surface area contributed by atoms with Gasteiger partial charge in [0.1, 0.15) is 17.9 Å². The first-order chi connectivity index (χ1) is 14.8. The van der Waals surface area contributed by atoms with Gasteiger partial charge in [0.25, 0.3) is 0 Å². The number of rotatable bonds is 4. The van der Waals surface area contributed by atoms with E-state index in [9.17, 15) is 23.9 Å². The second-order valence-electron chi connectivity index (χ2n) is 6.98. The summed E-state index contributed by atoms with van der Waals surface area (Å²) >= 11 is 1.23. The summed E-state index contributed by atoms with van der Waals surface area (Å²) in [5, 5.41) is 17.8. The van der Waals surface area contributed by atoms with E-state index in [1.807, 2.05) is 0 Å². The number of carboxylic acids is 1. The molecule has 2 heterocycles. The van der Waals surface area contributed by atoms with Gasteiger partial charge in [0.15, 0.2) is 5.13 Å². The first-order valence-electron chi connectivity index (χ1n) is 9.29. The van der Waals surface area contributed by atoms with Gasteiger partial charge in [-0.15, -0.1) is 0 Å². The van der Waals surface area contributed by atoms with E-state index in [0.717, 1.165) is 4.70 Å². The van der Waals surface area contributed by atoms with Crippen molar-refractivity contribution in [2.75, 3.05) is 24.2 Å². The first-order valence-corrected chi connectivity index (χ1v) is 10.1. The van der Waals surface area contributed by atoms with E-state index < -0.39 is 29.9 Å². The number of carbonyl (C=O) groups is 3. The fourth-order valence-electron chi connectivity index (χ4n) is 3.29. The van der Waals surface area contributed by atoms with Crippen molar-refractivity contribution < 1.29 is 23.9 Å². The van der Waals surface area contributed by atoms with Crippen molar-refractivity contribution in [2.24, 2.45) is 0 Å². The second kappa shape index (κ2) is 8.28. The number of hydrogen-bond acceptors (Lipinski definition) is 6. The summed E-state index contributed by atoms with van der Waals surface area (Å²) in [5.74, 6) is -1.79. The minimum Gasteiger partial charge on any atom is -0.480 e. The summed E-state index contributed by atoms with van der Waals surface area (Å²) in [6, 6.07) is 8.56. The standard InChI is InChI=1S/C20H18FN5O4S/c1-26-14(18(28)29)9-22-16(17(26)27)10-2-7-13-15(8-10)31-20(24-13)25-19(30)23-12-5-3-11(21)4-6-12/h2-8,14,16,22H,9H2,1H3,(H,28,29)(H2,23,24,25,30). The van der Waals surface area contributed by atoms with Gasteiger partial charge in [-0.25, -0.2) is 19.0 Å².